The van der Waals surface area contributed by atoms with E-state index in [4.69, 9.17) is 0 Å². The molecule has 0 aliphatic carbocycles. The third-order valence-corrected chi connectivity index (χ3v) is 5.05. The highest BCUT2D eigenvalue weighted by Gasteiger charge is 2.24. The van der Waals surface area contributed by atoms with Crippen LogP contribution in [0.25, 0.3) is 5.65 Å². The highest BCUT2D eigenvalue weighted by atomic mass is 16.2. The topological polar surface area (TPSA) is 63.6 Å². The van der Waals surface area contributed by atoms with Crippen molar-refractivity contribution in [3.05, 3.63) is 42.1 Å². The lowest BCUT2D eigenvalue weighted by atomic mass is 10.2. The Kier molecular flexibility index (Phi) is 4.50. The Morgan fingerprint density at radius 2 is 2.04 bits per heavy atom. The molecule has 0 spiro atoms. The summed E-state index contributed by atoms with van der Waals surface area (Å²) in [6, 6.07) is 2.08. The number of carbonyl (C=O) groups is 1. The maximum absolute atomic E-state index is 13.0. The fourth-order valence-corrected chi connectivity index (χ4v) is 3.60. The number of hydrogen-bond donors (Lipinski definition) is 0. The summed E-state index contributed by atoms with van der Waals surface area (Å²) >= 11 is 0. The van der Waals surface area contributed by atoms with Crippen LogP contribution in [0, 0.1) is 0 Å². The molecule has 8 nitrogen and oxygen atoms in total. The zero-order valence-electron chi connectivity index (χ0n) is 15.4. The molecule has 1 amide bonds. The fourth-order valence-electron chi connectivity index (χ4n) is 3.60. The van der Waals surface area contributed by atoms with E-state index in [0.29, 0.717) is 5.56 Å². The predicted molar refractivity (Wildman–Crippen MR) is 97.9 cm³/mol. The van der Waals surface area contributed by atoms with Gasteiger partial charge in [0.25, 0.3) is 5.91 Å². The summed E-state index contributed by atoms with van der Waals surface area (Å²) in [7, 11) is 1.94. The largest absolute Gasteiger partial charge is 0.337 e. The van der Waals surface area contributed by atoms with Crippen molar-refractivity contribution in [2.24, 2.45) is 7.05 Å². The molecule has 0 N–H and O–H groups in total. The van der Waals surface area contributed by atoms with Gasteiger partial charge >= 0.3 is 0 Å². The lowest BCUT2D eigenvalue weighted by molar-refractivity contribution is 0.0762. The number of aryl methyl sites for hydroxylation is 2. The number of fused-ring (bicyclic) bond motifs is 1. The average molecular weight is 355 g/mol. The summed E-state index contributed by atoms with van der Waals surface area (Å²) in [6.07, 6.45) is 8.45. The van der Waals surface area contributed by atoms with Gasteiger partial charge in [-0.3, -0.25) is 14.4 Å². The standard InChI is InChI=1S/C18H25N7O/c1-3-24-8-5-15(20-24)14-22-6-4-7-23(11-10-22)18(26)16-13-19-25-12-9-21(2)17(16)25/h5,8-9,12-13H,3-4,6-7,10-11,14H2,1-2H3. The van der Waals surface area contributed by atoms with Crippen molar-refractivity contribution in [1.82, 2.24) is 33.8 Å². The van der Waals surface area contributed by atoms with Crippen molar-refractivity contribution >= 4 is 11.6 Å². The number of imidazole rings is 1. The van der Waals surface area contributed by atoms with E-state index < -0.39 is 0 Å². The van der Waals surface area contributed by atoms with Gasteiger partial charge < -0.3 is 9.47 Å². The first-order valence-corrected chi connectivity index (χ1v) is 9.18. The number of aromatic nitrogens is 5. The number of hydrogen-bond acceptors (Lipinski definition) is 4. The van der Waals surface area contributed by atoms with Crippen molar-refractivity contribution in [2.45, 2.75) is 26.4 Å². The Morgan fingerprint density at radius 1 is 1.15 bits per heavy atom. The van der Waals surface area contributed by atoms with E-state index in [1.165, 1.54) is 0 Å². The van der Waals surface area contributed by atoms with Crippen LogP contribution in [0.5, 0.6) is 0 Å². The lowest BCUT2D eigenvalue weighted by Crippen LogP contribution is -2.35. The Balaban J connectivity index is 1.43. The Hall–Kier alpha value is -2.61. The monoisotopic (exact) mass is 355 g/mol. The van der Waals surface area contributed by atoms with Gasteiger partial charge in [0, 0.05) is 64.9 Å². The summed E-state index contributed by atoms with van der Waals surface area (Å²) in [5.74, 6) is 0.0684. The molecule has 1 aliphatic rings. The predicted octanol–water partition coefficient (Wildman–Crippen LogP) is 1.24. The molecule has 8 heteroatoms. The molecule has 138 valence electrons. The summed E-state index contributed by atoms with van der Waals surface area (Å²) in [5, 5.41) is 8.85. The summed E-state index contributed by atoms with van der Waals surface area (Å²) < 4.78 is 5.64. The van der Waals surface area contributed by atoms with Crippen LogP contribution in [0.15, 0.2) is 30.9 Å². The summed E-state index contributed by atoms with van der Waals surface area (Å²) in [4.78, 5) is 17.3. The van der Waals surface area contributed by atoms with Crippen molar-refractivity contribution in [3.63, 3.8) is 0 Å². The molecule has 26 heavy (non-hydrogen) atoms. The number of amides is 1. The van der Waals surface area contributed by atoms with E-state index >= 15 is 0 Å². The number of carbonyl (C=O) groups excluding carboxylic acids is 1. The molecule has 0 radical (unpaired) electrons. The molecule has 1 aliphatic heterocycles. The average Bonchev–Trinajstić information content (AvgIpc) is 3.31. The molecule has 1 saturated heterocycles. The lowest BCUT2D eigenvalue weighted by Gasteiger charge is -2.21. The molecule has 3 aromatic rings. The minimum Gasteiger partial charge on any atom is -0.337 e. The smallest absolute Gasteiger partial charge is 0.259 e. The number of rotatable bonds is 4. The molecule has 1 fully saturated rings. The van der Waals surface area contributed by atoms with Crippen LogP contribution in [0.1, 0.15) is 29.4 Å². The third-order valence-electron chi connectivity index (χ3n) is 5.05. The minimum absolute atomic E-state index is 0.0684. The van der Waals surface area contributed by atoms with Gasteiger partial charge in [0.15, 0.2) is 0 Å². The zero-order chi connectivity index (χ0) is 18.1. The molecule has 0 atom stereocenters. The molecular weight excluding hydrogens is 330 g/mol. The molecule has 0 saturated carbocycles. The number of nitrogens with zero attached hydrogens (tertiary/aromatic N) is 7. The molecule has 0 unspecified atom stereocenters. The summed E-state index contributed by atoms with van der Waals surface area (Å²) in [6.45, 7) is 7.17. The van der Waals surface area contributed by atoms with Gasteiger partial charge in [0.1, 0.15) is 11.2 Å². The van der Waals surface area contributed by atoms with Crippen LogP contribution in [0.3, 0.4) is 0 Å². The second kappa shape index (κ2) is 6.95. The highest BCUT2D eigenvalue weighted by Crippen LogP contribution is 2.15. The molecule has 0 bridgehead atoms. The van der Waals surface area contributed by atoms with E-state index in [-0.39, 0.29) is 5.91 Å². The van der Waals surface area contributed by atoms with E-state index in [0.717, 1.165) is 57.0 Å². The van der Waals surface area contributed by atoms with Crippen LogP contribution in [0.2, 0.25) is 0 Å². The van der Waals surface area contributed by atoms with Gasteiger partial charge in [-0.05, 0) is 19.4 Å². The van der Waals surface area contributed by atoms with Crippen molar-refractivity contribution in [3.8, 4) is 0 Å². The van der Waals surface area contributed by atoms with E-state index in [2.05, 4.69) is 28.1 Å². The van der Waals surface area contributed by atoms with Gasteiger partial charge in [-0.1, -0.05) is 0 Å². The molecule has 0 aromatic carbocycles. The van der Waals surface area contributed by atoms with Crippen LogP contribution in [-0.4, -0.2) is 65.8 Å². The van der Waals surface area contributed by atoms with Crippen LogP contribution < -0.4 is 0 Å². The van der Waals surface area contributed by atoms with E-state index in [9.17, 15) is 4.79 Å². The van der Waals surface area contributed by atoms with Crippen molar-refractivity contribution in [1.29, 1.82) is 0 Å². The molecule has 4 heterocycles. The first kappa shape index (κ1) is 16.8. The fraction of sp³-hybridized carbons (Fsp3) is 0.500. The quantitative estimate of drug-likeness (QED) is 0.706. The van der Waals surface area contributed by atoms with Crippen molar-refractivity contribution in [2.75, 3.05) is 26.2 Å². The second-order valence-corrected chi connectivity index (χ2v) is 6.82. The highest BCUT2D eigenvalue weighted by molar-refractivity contribution is 5.99. The van der Waals surface area contributed by atoms with Crippen LogP contribution >= 0.6 is 0 Å². The van der Waals surface area contributed by atoms with Crippen molar-refractivity contribution < 1.29 is 4.79 Å². The van der Waals surface area contributed by atoms with Gasteiger partial charge in [-0.25, -0.2) is 4.52 Å². The second-order valence-electron chi connectivity index (χ2n) is 6.82. The first-order chi connectivity index (χ1) is 12.7. The molecular formula is C18H25N7O. The first-order valence-electron chi connectivity index (χ1n) is 9.18. The Morgan fingerprint density at radius 3 is 2.85 bits per heavy atom. The zero-order valence-corrected chi connectivity index (χ0v) is 15.4. The van der Waals surface area contributed by atoms with Gasteiger partial charge in [0.2, 0.25) is 0 Å². The maximum atomic E-state index is 13.0. The Labute approximate surface area is 152 Å². The third kappa shape index (κ3) is 3.12. The molecule has 4 rings (SSSR count). The Bertz CT molecular complexity index is 906. The van der Waals surface area contributed by atoms with E-state index in [1.807, 2.05) is 39.8 Å². The molecule has 3 aromatic heterocycles. The SMILES string of the molecule is CCn1ccc(CN2CCCN(C(=O)c3cnn4ccn(C)c34)CC2)n1. The van der Waals surface area contributed by atoms with Gasteiger partial charge in [0.05, 0.1) is 11.9 Å². The van der Waals surface area contributed by atoms with Gasteiger partial charge in [-0.15, -0.1) is 0 Å². The van der Waals surface area contributed by atoms with Crippen LogP contribution in [-0.2, 0) is 20.1 Å². The van der Waals surface area contributed by atoms with E-state index in [1.54, 1.807) is 10.7 Å². The normalized spacial score (nSPS) is 16.3. The minimum atomic E-state index is 0.0684. The van der Waals surface area contributed by atoms with Gasteiger partial charge in [-0.2, -0.15) is 10.2 Å². The van der Waals surface area contributed by atoms with Crippen LogP contribution in [0.4, 0.5) is 0 Å². The maximum Gasteiger partial charge on any atom is 0.259 e. The summed E-state index contributed by atoms with van der Waals surface area (Å²) in [5.41, 5.74) is 2.61.